The minimum absolute atomic E-state index is 0.127. The van der Waals surface area contributed by atoms with Crippen molar-refractivity contribution in [2.45, 2.75) is 11.8 Å². The van der Waals surface area contributed by atoms with E-state index in [1.54, 1.807) is 43.3 Å². The summed E-state index contributed by atoms with van der Waals surface area (Å²) in [4.78, 5) is 14.9. The highest BCUT2D eigenvalue weighted by Crippen LogP contribution is 2.24. The molecule has 0 aliphatic carbocycles. The zero-order valence-corrected chi connectivity index (χ0v) is 16.8. The molecule has 0 atom stereocenters. The normalized spacial score (nSPS) is 16.3. The third kappa shape index (κ3) is 4.32. The van der Waals surface area contributed by atoms with Gasteiger partial charge in [-0.25, -0.2) is 8.42 Å². The standard InChI is InChI=1S/C19H22ClN3O3S/c1-14-7-8-15(27(25,26)23-11-9-22(2)10-12-23)13-16(14)19(24)21-18-6-4-3-5-17(18)20/h3-8,13H,9-12H2,1-2H3,(H,21,24). The Morgan fingerprint density at radius 2 is 1.74 bits per heavy atom. The maximum absolute atomic E-state index is 12.9. The van der Waals surface area contributed by atoms with Crippen molar-refractivity contribution in [2.24, 2.45) is 0 Å². The van der Waals surface area contributed by atoms with Gasteiger partial charge in [0.15, 0.2) is 0 Å². The summed E-state index contributed by atoms with van der Waals surface area (Å²) in [6.07, 6.45) is 0. The number of rotatable bonds is 4. The Labute approximate surface area is 164 Å². The van der Waals surface area contributed by atoms with Crippen LogP contribution in [0.1, 0.15) is 15.9 Å². The van der Waals surface area contributed by atoms with Gasteiger partial charge in [0.25, 0.3) is 5.91 Å². The van der Waals surface area contributed by atoms with Crippen LogP contribution in [0.3, 0.4) is 0 Å². The molecule has 1 heterocycles. The van der Waals surface area contributed by atoms with Gasteiger partial charge < -0.3 is 10.2 Å². The third-order valence-electron chi connectivity index (χ3n) is 4.68. The highest BCUT2D eigenvalue weighted by molar-refractivity contribution is 7.89. The second-order valence-electron chi connectivity index (χ2n) is 6.62. The van der Waals surface area contributed by atoms with E-state index in [1.165, 1.54) is 10.4 Å². The number of hydrogen-bond donors (Lipinski definition) is 1. The molecule has 0 aromatic heterocycles. The summed E-state index contributed by atoms with van der Waals surface area (Å²) in [6, 6.07) is 11.6. The molecule has 6 nitrogen and oxygen atoms in total. The average molecular weight is 408 g/mol. The molecule has 2 aromatic carbocycles. The number of likely N-dealkylation sites (N-methyl/N-ethyl adjacent to an activating group) is 1. The summed E-state index contributed by atoms with van der Waals surface area (Å²) in [5, 5.41) is 3.17. The lowest BCUT2D eigenvalue weighted by atomic mass is 10.1. The van der Waals surface area contributed by atoms with E-state index in [0.717, 1.165) is 0 Å². The fourth-order valence-corrected chi connectivity index (χ4v) is 4.57. The summed E-state index contributed by atoms with van der Waals surface area (Å²) in [6.45, 7) is 4.02. The van der Waals surface area contributed by atoms with Gasteiger partial charge in [0.05, 0.1) is 15.6 Å². The maximum Gasteiger partial charge on any atom is 0.256 e. The molecule has 2 aromatic rings. The molecule has 1 aliphatic rings. The van der Waals surface area contributed by atoms with E-state index in [4.69, 9.17) is 11.6 Å². The van der Waals surface area contributed by atoms with E-state index in [9.17, 15) is 13.2 Å². The summed E-state index contributed by atoms with van der Waals surface area (Å²) >= 11 is 6.09. The lowest BCUT2D eigenvalue weighted by Crippen LogP contribution is -2.47. The van der Waals surface area contributed by atoms with Gasteiger partial charge in [-0.05, 0) is 43.8 Å². The lowest BCUT2D eigenvalue weighted by Gasteiger charge is -2.31. The number of nitrogens with zero attached hydrogens (tertiary/aromatic N) is 2. The van der Waals surface area contributed by atoms with E-state index in [0.29, 0.717) is 48.0 Å². The quantitative estimate of drug-likeness (QED) is 0.846. The highest BCUT2D eigenvalue weighted by atomic mass is 35.5. The second kappa shape index (κ2) is 7.98. The van der Waals surface area contributed by atoms with Crippen LogP contribution >= 0.6 is 11.6 Å². The van der Waals surface area contributed by atoms with Gasteiger partial charge in [0, 0.05) is 31.7 Å². The predicted molar refractivity (Wildman–Crippen MR) is 107 cm³/mol. The number of aryl methyl sites for hydroxylation is 1. The fraction of sp³-hybridized carbons (Fsp3) is 0.316. The van der Waals surface area contributed by atoms with Gasteiger partial charge in [-0.15, -0.1) is 0 Å². The van der Waals surface area contributed by atoms with Crippen molar-refractivity contribution in [3.8, 4) is 0 Å². The molecule has 27 heavy (non-hydrogen) atoms. The molecule has 1 aliphatic heterocycles. The molecule has 144 valence electrons. The van der Waals surface area contributed by atoms with Crippen LogP contribution in [0, 0.1) is 6.92 Å². The Morgan fingerprint density at radius 1 is 1.07 bits per heavy atom. The van der Waals surface area contributed by atoms with Crippen molar-refractivity contribution in [1.29, 1.82) is 0 Å². The number of para-hydroxylation sites is 1. The number of anilines is 1. The third-order valence-corrected chi connectivity index (χ3v) is 6.90. The molecule has 0 spiro atoms. The van der Waals surface area contributed by atoms with Crippen LogP contribution in [0.15, 0.2) is 47.4 Å². The van der Waals surface area contributed by atoms with E-state index in [-0.39, 0.29) is 4.90 Å². The molecule has 3 rings (SSSR count). The van der Waals surface area contributed by atoms with Crippen molar-refractivity contribution in [3.05, 3.63) is 58.6 Å². The van der Waals surface area contributed by atoms with Gasteiger partial charge in [0.1, 0.15) is 0 Å². The van der Waals surface area contributed by atoms with E-state index < -0.39 is 15.9 Å². The molecule has 0 saturated carbocycles. The highest BCUT2D eigenvalue weighted by Gasteiger charge is 2.28. The molecule has 1 fully saturated rings. The number of hydrogen-bond acceptors (Lipinski definition) is 4. The first-order valence-electron chi connectivity index (χ1n) is 8.64. The smallest absolute Gasteiger partial charge is 0.256 e. The number of amides is 1. The second-order valence-corrected chi connectivity index (χ2v) is 8.96. The Hall–Kier alpha value is -1.93. The average Bonchev–Trinajstić information content (AvgIpc) is 2.64. The first-order valence-corrected chi connectivity index (χ1v) is 10.5. The number of benzene rings is 2. The van der Waals surface area contributed by atoms with Crippen LogP contribution in [0.5, 0.6) is 0 Å². The first-order chi connectivity index (χ1) is 12.8. The molecule has 8 heteroatoms. The van der Waals surface area contributed by atoms with Crippen molar-refractivity contribution in [3.63, 3.8) is 0 Å². The Morgan fingerprint density at radius 3 is 2.41 bits per heavy atom. The lowest BCUT2D eigenvalue weighted by molar-refractivity contribution is 0.102. The predicted octanol–water partition coefficient (Wildman–Crippen LogP) is 2.84. The number of halogens is 1. The molecule has 1 amide bonds. The number of sulfonamides is 1. The van der Waals surface area contributed by atoms with E-state index in [2.05, 4.69) is 10.2 Å². The summed E-state index contributed by atoms with van der Waals surface area (Å²) < 4.78 is 27.4. The van der Waals surface area contributed by atoms with Crippen LogP contribution in [-0.2, 0) is 10.0 Å². The maximum atomic E-state index is 12.9. The molecule has 1 saturated heterocycles. The van der Waals surface area contributed by atoms with Gasteiger partial charge in [-0.3, -0.25) is 4.79 Å². The Balaban J connectivity index is 1.88. The van der Waals surface area contributed by atoms with Crippen LogP contribution in [0.25, 0.3) is 0 Å². The summed E-state index contributed by atoms with van der Waals surface area (Å²) in [5.74, 6) is -0.393. The molecule has 0 radical (unpaired) electrons. The number of nitrogens with one attached hydrogen (secondary N) is 1. The van der Waals surface area contributed by atoms with Crippen LogP contribution in [-0.4, -0.2) is 56.8 Å². The number of piperazine rings is 1. The molecule has 0 unspecified atom stereocenters. The topological polar surface area (TPSA) is 69.7 Å². The van der Waals surface area contributed by atoms with Crippen LogP contribution in [0.4, 0.5) is 5.69 Å². The summed E-state index contributed by atoms with van der Waals surface area (Å²) in [7, 11) is -1.67. The number of carbonyl (C=O) groups excluding carboxylic acids is 1. The van der Waals surface area contributed by atoms with Gasteiger partial charge >= 0.3 is 0 Å². The van der Waals surface area contributed by atoms with Gasteiger partial charge in [-0.2, -0.15) is 4.31 Å². The van der Waals surface area contributed by atoms with Crippen LogP contribution in [0.2, 0.25) is 5.02 Å². The minimum atomic E-state index is -3.64. The van der Waals surface area contributed by atoms with Gasteiger partial charge in [0.2, 0.25) is 10.0 Å². The van der Waals surface area contributed by atoms with Crippen molar-refractivity contribution in [1.82, 2.24) is 9.21 Å². The van der Waals surface area contributed by atoms with E-state index >= 15 is 0 Å². The minimum Gasteiger partial charge on any atom is -0.321 e. The zero-order valence-electron chi connectivity index (χ0n) is 15.3. The Bertz CT molecular complexity index is 954. The number of carbonyl (C=O) groups is 1. The first kappa shape index (κ1) is 19.8. The SMILES string of the molecule is Cc1ccc(S(=O)(=O)N2CCN(C)CC2)cc1C(=O)Nc1ccccc1Cl. The molecular formula is C19H22ClN3O3S. The summed E-state index contributed by atoms with van der Waals surface area (Å²) in [5.41, 5.74) is 1.48. The molecular weight excluding hydrogens is 386 g/mol. The molecule has 1 N–H and O–H groups in total. The van der Waals surface area contributed by atoms with Gasteiger partial charge in [-0.1, -0.05) is 29.8 Å². The van der Waals surface area contributed by atoms with Crippen molar-refractivity contribution in [2.75, 3.05) is 38.5 Å². The van der Waals surface area contributed by atoms with Crippen LogP contribution < -0.4 is 5.32 Å². The monoisotopic (exact) mass is 407 g/mol. The zero-order chi connectivity index (χ0) is 19.6. The van der Waals surface area contributed by atoms with Crippen molar-refractivity contribution >= 4 is 33.2 Å². The van der Waals surface area contributed by atoms with E-state index in [1.807, 2.05) is 7.05 Å². The van der Waals surface area contributed by atoms with Crippen molar-refractivity contribution < 1.29 is 13.2 Å². The fourth-order valence-electron chi connectivity index (χ4n) is 2.94. The molecule has 0 bridgehead atoms. The Kier molecular flexibility index (Phi) is 5.86. The largest absolute Gasteiger partial charge is 0.321 e.